The molecule has 126 valence electrons. The Hall–Kier alpha value is -2.36. The van der Waals surface area contributed by atoms with Crippen molar-refractivity contribution in [1.82, 2.24) is 0 Å². The van der Waals surface area contributed by atoms with E-state index in [1.165, 1.54) is 13.2 Å². The first-order valence-electron chi connectivity index (χ1n) is 7.70. The minimum Gasteiger partial charge on any atom is -0.481 e. The maximum absolute atomic E-state index is 10.7. The molecule has 0 saturated heterocycles. The Balaban J connectivity index is 0.000000423. The van der Waals surface area contributed by atoms with Crippen molar-refractivity contribution >= 4 is 18.0 Å². The monoisotopic (exact) mass is 318 g/mol. The summed E-state index contributed by atoms with van der Waals surface area (Å²) in [7, 11) is 1.36. The van der Waals surface area contributed by atoms with Crippen LogP contribution in [0, 0.1) is 5.92 Å². The fourth-order valence-electron chi connectivity index (χ4n) is 1.55. The van der Waals surface area contributed by atoms with Crippen LogP contribution in [0.4, 0.5) is 0 Å². The largest absolute Gasteiger partial charge is 0.481 e. The number of carboxylic acids is 1. The number of aliphatic carboxylic acids is 1. The molecule has 1 atom stereocenters. The Morgan fingerprint density at radius 1 is 1.22 bits per heavy atom. The molecular weight excluding hydrogens is 292 g/mol. The van der Waals surface area contributed by atoms with Crippen LogP contribution in [0.25, 0.3) is 6.08 Å². The normalized spacial score (nSPS) is 11.8. The first-order chi connectivity index (χ1) is 11.0. The van der Waals surface area contributed by atoms with E-state index in [1.807, 2.05) is 36.4 Å². The van der Waals surface area contributed by atoms with Gasteiger partial charge in [-0.15, -0.1) is 0 Å². The zero-order chi connectivity index (χ0) is 17.5. The molecule has 0 radical (unpaired) electrons. The van der Waals surface area contributed by atoms with E-state index in [0.29, 0.717) is 0 Å². The first-order valence-corrected chi connectivity index (χ1v) is 7.70. The van der Waals surface area contributed by atoms with Gasteiger partial charge in [0.25, 0.3) is 0 Å². The van der Waals surface area contributed by atoms with Crippen molar-refractivity contribution in [2.75, 3.05) is 7.11 Å². The van der Waals surface area contributed by atoms with Crippen LogP contribution in [0.3, 0.4) is 0 Å². The van der Waals surface area contributed by atoms with E-state index in [-0.39, 0.29) is 11.9 Å². The lowest BCUT2D eigenvalue weighted by Crippen LogP contribution is -2.08. The number of hydrogen-bond donors (Lipinski definition) is 1. The van der Waals surface area contributed by atoms with Crippen LogP contribution in [0.15, 0.2) is 48.6 Å². The van der Waals surface area contributed by atoms with Crippen LogP contribution in [-0.2, 0) is 14.3 Å². The number of carbonyl (C=O) groups is 2. The van der Waals surface area contributed by atoms with Gasteiger partial charge in [0.1, 0.15) is 0 Å². The third-order valence-corrected chi connectivity index (χ3v) is 3.00. The van der Waals surface area contributed by atoms with Crippen molar-refractivity contribution in [3.8, 4) is 0 Å². The van der Waals surface area contributed by atoms with E-state index < -0.39 is 5.97 Å². The van der Waals surface area contributed by atoms with E-state index >= 15 is 0 Å². The number of methoxy groups -OCH3 is 1. The number of benzene rings is 1. The maximum Gasteiger partial charge on any atom is 0.330 e. The average Bonchev–Trinajstić information content (AvgIpc) is 2.57. The third-order valence-electron chi connectivity index (χ3n) is 3.00. The molecule has 1 aromatic carbocycles. The summed E-state index contributed by atoms with van der Waals surface area (Å²) in [6, 6.07) is 9.59. The predicted octanol–water partition coefficient (Wildman–Crippen LogP) is 4.33. The Labute approximate surface area is 138 Å². The lowest BCUT2D eigenvalue weighted by Gasteiger charge is -2.01. The summed E-state index contributed by atoms with van der Waals surface area (Å²) in [5.41, 5.74) is 0.989. The van der Waals surface area contributed by atoms with Crippen molar-refractivity contribution < 1.29 is 19.4 Å². The lowest BCUT2D eigenvalue weighted by molar-refractivity contribution is -0.141. The molecule has 0 bridgehead atoms. The number of hydrogen-bond acceptors (Lipinski definition) is 3. The molecule has 0 fully saturated rings. The molecule has 0 aliphatic rings. The Morgan fingerprint density at radius 2 is 1.87 bits per heavy atom. The smallest absolute Gasteiger partial charge is 0.330 e. The highest BCUT2D eigenvalue weighted by Gasteiger charge is 2.08. The summed E-state index contributed by atoms with van der Waals surface area (Å²) < 4.78 is 4.45. The summed E-state index contributed by atoms with van der Waals surface area (Å²) in [4.78, 5) is 21.0. The van der Waals surface area contributed by atoms with Crippen molar-refractivity contribution in [1.29, 1.82) is 0 Å². The second-order valence-corrected chi connectivity index (χ2v) is 4.96. The van der Waals surface area contributed by atoms with Crippen LogP contribution >= 0.6 is 0 Å². The molecular formula is C19H26O4. The van der Waals surface area contributed by atoms with Crippen LogP contribution in [-0.4, -0.2) is 24.2 Å². The van der Waals surface area contributed by atoms with Gasteiger partial charge in [-0.3, -0.25) is 4.79 Å². The van der Waals surface area contributed by atoms with Crippen molar-refractivity contribution in [3.63, 3.8) is 0 Å². The quantitative estimate of drug-likeness (QED) is 0.462. The molecule has 0 aliphatic carbocycles. The molecule has 4 heteroatoms. The molecule has 0 aliphatic heterocycles. The fraction of sp³-hybridized carbons (Fsp3) is 0.368. The molecule has 1 aromatic rings. The summed E-state index contributed by atoms with van der Waals surface area (Å²) >= 11 is 0. The van der Waals surface area contributed by atoms with Gasteiger partial charge in [-0.2, -0.15) is 0 Å². The second kappa shape index (κ2) is 13.3. The van der Waals surface area contributed by atoms with E-state index in [2.05, 4.69) is 17.7 Å². The Bertz CT molecular complexity index is 503. The van der Waals surface area contributed by atoms with Crippen molar-refractivity contribution in [3.05, 3.63) is 54.1 Å². The van der Waals surface area contributed by atoms with E-state index in [9.17, 15) is 9.59 Å². The molecule has 1 N–H and O–H groups in total. The summed E-state index contributed by atoms with van der Waals surface area (Å²) in [6.07, 6.45) is 9.86. The van der Waals surface area contributed by atoms with Crippen molar-refractivity contribution in [2.45, 2.75) is 33.1 Å². The number of carboxylic acid groups (broad SMARTS) is 1. The average molecular weight is 318 g/mol. The SMILES string of the molecule is CCC=CCCC(C)C(=O)O.COC(=O)C=Cc1ccccc1. The van der Waals surface area contributed by atoms with E-state index in [4.69, 9.17) is 5.11 Å². The van der Waals surface area contributed by atoms with Crippen LogP contribution in [0.5, 0.6) is 0 Å². The summed E-state index contributed by atoms with van der Waals surface area (Å²) in [5, 5.41) is 8.51. The number of allylic oxidation sites excluding steroid dienone is 2. The molecule has 0 saturated carbocycles. The third kappa shape index (κ3) is 11.9. The van der Waals surface area contributed by atoms with E-state index in [1.54, 1.807) is 13.0 Å². The first kappa shape index (κ1) is 20.6. The number of rotatable bonds is 7. The lowest BCUT2D eigenvalue weighted by atomic mass is 10.1. The van der Waals surface area contributed by atoms with Gasteiger partial charge in [0.05, 0.1) is 13.0 Å². The number of carbonyl (C=O) groups excluding carboxylic acids is 1. The Kier molecular flexibility index (Phi) is 11.9. The van der Waals surface area contributed by atoms with Crippen LogP contribution < -0.4 is 0 Å². The standard InChI is InChI=1S/C10H10O2.C9H16O2/c1-12-10(11)8-7-9-5-3-2-4-6-9;1-3-4-5-6-7-8(2)9(10)11/h2-8H,1H3;4-5,8H,3,6-7H2,1-2H3,(H,10,11). The highest BCUT2D eigenvalue weighted by Crippen LogP contribution is 2.05. The molecule has 1 rings (SSSR count). The number of ether oxygens (including phenoxy) is 1. The highest BCUT2D eigenvalue weighted by molar-refractivity contribution is 5.86. The fourth-order valence-corrected chi connectivity index (χ4v) is 1.55. The molecule has 0 aromatic heterocycles. The second-order valence-electron chi connectivity index (χ2n) is 4.96. The number of esters is 1. The van der Waals surface area contributed by atoms with Gasteiger partial charge in [-0.25, -0.2) is 4.79 Å². The molecule has 1 unspecified atom stereocenters. The summed E-state index contributed by atoms with van der Waals surface area (Å²) in [5.74, 6) is -1.25. The summed E-state index contributed by atoms with van der Waals surface area (Å²) in [6.45, 7) is 3.80. The van der Waals surface area contributed by atoms with E-state index in [0.717, 1.165) is 24.8 Å². The predicted molar refractivity (Wildman–Crippen MR) is 93.0 cm³/mol. The molecule has 23 heavy (non-hydrogen) atoms. The van der Waals surface area contributed by atoms with Gasteiger partial charge >= 0.3 is 11.9 Å². The van der Waals surface area contributed by atoms with Gasteiger partial charge in [-0.1, -0.05) is 56.3 Å². The zero-order valence-electron chi connectivity index (χ0n) is 14.1. The minimum atomic E-state index is -0.699. The highest BCUT2D eigenvalue weighted by atomic mass is 16.5. The topological polar surface area (TPSA) is 63.6 Å². The molecule has 0 spiro atoms. The molecule has 4 nitrogen and oxygen atoms in total. The zero-order valence-corrected chi connectivity index (χ0v) is 14.1. The van der Waals surface area contributed by atoms with Crippen LogP contribution in [0.2, 0.25) is 0 Å². The maximum atomic E-state index is 10.7. The van der Waals surface area contributed by atoms with Gasteiger partial charge in [-0.05, 0) is 30.9 Å². The van der Waals surface area contributed by atoms with Gasteiger partial charge < -0.3 is 9.84 Å². The van der Waals surface area contributed by atoms with Crippen molar-refractivity contribution in [2.24, 2.45) is 5.92 Å². The van der Waals surface area contributed by atoms with Gasteiger partial charge in [0.2, 0.25) is 0 Å². The molecule has 0 heterocycles. The van der Waals surface area contributed by atoms with Gasteiger partial charge in [0.15, 0.2) is 0 Å². The van der Waals surface area contributed by atoms with Crippen LogP contribution in [0.1, 0.15) is 38.7 Å². The minimum absolute atomic E-state index is 0.212. The Morgan fingerprint density at radius 3 is 2.39 bits per heavy atom. The van der Waals surface area contributed by atoms with Gasteiger partial charge in [0, 0.05) is 6.08 Å². The molecule has 0 amide bonds.